The molecule has 0 spiro atoms. The number of thiocarbonyl (C=S) groups is 1. The molecule has 1 heterocycles. The van der Waals surface area contributed by atoms with Gasteiger partial charge in [-0.1, -0.05) is 26.0 Å². The molecule has 0 bridgehead atoms. The molecule has 1 amide bonds. The topological polar surface area (TPSA) is 66.0 Å². The van der Waals surface area contributed by atoms with Crippen LogP contribution in [0.15, 0.2) is 29.6 Å². The molecule has 0 saturated carbocycles. The molecule has 7 heteroatoms. The Morgan fingerprint density at radius 2 is 1.96 bits per heavy atom. The molecule has 0 atom stereocenters. The minimum absolute atomic E-state index is 0.186. The van der Waals surface area contributed by atoms with E-state index in [4.69, 9.17) is 12.2 Å². The molecule has 2 rings (SSSR count). The summed E-state index contributed by atoms with van der Waals surface area (Å²) in [5.41, 5.74) is 8.15. The van der Waals surface area contributed by atoms with Crippen molar-refractivity contribution in [3.8, 4) is 0 Å². The summed E-state index contributed by atoms with van der Waals surface area (Å²) < 4.78 is 0. The highest BCUT2D eigenvalue weighted by atomic mass is 32.1. The van der Waals surface area contributed by atoms with Crippen molar-refractivity contribution >= 4 is 40.3 Å². The number of thiazole rings is 1. The largest absolute Gasteiger partial charge is 0.331 e. The Morgan fingerprint density at radius 3 is 2.52 bits per heavy atom. The first-order valence-electron chi connectivity index (χ1n) is 7.31. The van der Waals surface area contributed by atoms with Crippen molar-refractivity contribution in [3.05, 3.63) is 45.9 Å². The number of carbonyl (C=O) groups is 1. The smallest absolute Gasteiger partial charge is 0.244 e. The Morgan fingerprint density at radius 1 is 1.26 bits per heavy atom. The second-order valence-electron chi connectivity index (χ2n) is 5.44. The van der Waals surface area contributed by atoms with E-state index in [2.05, 4.69) is 47.1 Å². The van der Waals surface area contributed by atoms with Gasteiger partial charge in [0.25, 0.3) is 0 Å². The van der Waals surface area contributed by atoms with Crippen LogP contribution in [-0.4, -0.2) is 16.0 Å². The van der Waals surface area contributed by atoms with Crippen LogP contribution in [0, 0.1) is 6.92 Å². The van der Waals surface area contributed by atoms with Crippen LogP contribution in [0.25, 0.3) is 0 Å². The van der Waals surface area contributed by atoms with Crippen molar-refractivity contribution < 1.29 is 4.79 Å². The van der Waals surface area contributed by atoms with Crippen molar-refractivity contribution in [1.82, 2.24) is 15.8 Å². The molecule has 5 nitrogen and oxygen atoms in total. The van der Waals surface area contributed by atoms with Gasteiger partial charge in [0.15, 0.2) is 5.11 Å². The van der Waals surface area contributed by atoms with E-state index in [1.165, 1.54) is 16.9 Å². The molecule has 1 aromatic heterocycles. The fourth-order valence-corrected chi connectivity index (χ4v) is 2.72. The zero-order valence-corrected chi connectivity index (χ0v) is 15.0. The molecule has 0 saturated heterocycles. The molecule has 1 aromatic carbocycles. The number of hydrogen-bond donors (Lipinski definition) is 3. The van der Waals surface area contributed by atoms with E-state index >= 15 is 0 Å². The number of aryl methyl sites for hydroxylation is 1. The lowest BCUT2D eigenvalue weighted by atomic mass is 10.0. The summed E-state index contributed by atoms with van der Waals surface area (Å²) in [5, 5.41) is 6.19. The Kier molecular flexibility index (Phi) is 6.06. The molecule has 0 unspecified atom stereocenters. The van der Waals surface area contributed by atoms with Gasteiger partial charge in [-0.3, -0.25) is 15.6 Å². The number of anilines is 1. The Labute approximate surface area is 145 Å². The van der Waals surface area contributed by atoms with Gasteiger partial charge in [0.2, 0.25) is 5.91 Å². The molecule has 3 N–H and O–H groups in total. The van der Waals surface area contributed by atoms with Gasteiger partial charge < -0.3 is 5.32 Å². The van der Waals surface area contributed by atoms with E-state index < -0.39 is 0 Å². The van der Waals surface area contributed by atoms with Crippen LogP contribution in [0.3, 0.4) is 0 Å². The van der Waals surface area contributed by atoms with E-state index in [0.29, 0.717) is 11.0 Å². The van der Waals surface area contributed by atoms with Gasteiger partial charge in [0, 0.05) is 11.1 Å². The molecule has 0 fully saturated rings. The number of amides is 1. The lowest BCUT2D eigenvalue weighted by Crippen LogP contribution is -2.44. The molecule has 0 aliphatic rings. The van der Waals surface area contributed by atoms with Gasteiger partial charge in [-0.15, -0.1) is 11.3 Å². The highest BCUT2D eigenvalue weighted by molar-refractivity contribution is 7.80. The van der Waals surface area contributed by atoms with Crippen LogP contribution in [0.1, 0.15) is 36.0 Å². The fourth-order valence-electron chi connectivity index (χ4n) is 1.94. The van der Waals surface area contributed by atoms with E-state index in [1.807, 2.05) is 24.4 Å². The number of nitrogens with zero attached hydrogens (tertiary/aromatic N) is 1. The molecule has 0 aliphatic heterocycles. The zero-order chi connectivity index (χ0) is 16.8. The highest BCUT2D eigenvalue weighted by Crippen LogP contribution is 2.16. The number of aromatic nitrogens is 1. The highest BCUT2D eigenvalue weighted by Gasteiger charge is 2.07. The average Bonchev–Trinajstić information content (AvgIpc) is 2.91. The third-order valence-corrected chi connectivity index (χ3v) is 4.19. The zero-order valence-electron chi connectivity index (χ0n) is 13.3. The second-order valence-corrected chi connectivity index (χ2v) is 6.91. The number of carbonyl (C=O) groups excluding carboxylic acids is 1. The van der Waals surface area contributed by atoms with Crippen LogP contribution >= 0.6 is 23.6 Å². The minimum atomic E-state index is -0.186. The molecule has 122 valence electrons. The van der Waals surface area contributed by atoms with Crippen LogP contribution in [-0.2, 0) is 11.2 Å². The summed E-state index contributed by atoms with van der Waals surface area (Å²) in [6, 6.07) is 8.03. The molecule has 0 radical (unpaired) electrons. The maximum Gasteiger partial charge on any atom is 0.244 e. The van der Waals surface area contributed by atoms with Crippen LogP contribution in [0.4, 0.5) is 5.69 Å². The van der Waals surface area contributed by atoms with Crippen molar-refractivity contribution in [3.63, 3.8) is 0 Å². The normalized spacial score (nSPS) is 10.4. The van der Waals surface area contributed by atoms with Gasteiger partial charge in [-0.05, 0) is 42.8 Å². The quantitative estimate of drug-likeness (QED) is 0.585. The third-order valence-electron chi connectivity index (χ3n) is 3.16. The van der Waals surface area contributed by atoms with Gasteiger partial charge >= 0.3 is 0 Å². The van der Waals surface area contributed by atoms with E-state index in [9.17, 15) is 4.79 Å². The lowest BCUT2D eigenvalue weighted by molar-refractivity contribution is -0.121. The first-order chi connectivity index (χ1) is 10.9. The van der Waals surface area contributed by atoms with Gasteiger partial charge in [-0.25, -0.2) is 4.98 Å². The first-order valence-corrected chi connectivity index (χ1v) is 8.59. The predicted octanol–water partition coefficient (Wildman–Crippen LogP) is 3.14. The van der Waals surface area contributed by atoms with E-state index in [1.54, 1.807) is 0 Å². The maximum atomic E-state index is 11.8. The SMILES string of the molecule is Cc1nc(CC(=O)NNC(=S)Nc2ccc(C(C)C)cc2)cs1. The van der Waals surface area contributed by atoms with Crippen molar-refractivity contribution in [2.24, 2.45) is 0 Å². The summed E-state index contributed by atoms with van der Waals surface area (Å²) in [6.45, 7) is 6.20. The number of benzene rings is 1. The standard InChI is InChI=1S/C16H20N4OS2/c1-10(2)12-4-6-13(7-5-12)18-16(22)20-19-15(21)8-14-9-23-11(3)17-14/h4-7,9-10H,8H2,1-3H3,(H,19,21)(H2,18,20,22). The first kappa shape index (κ1) is 17.4. The minimum Gasteiger partial charge on any atom is -0.331 e. The Balaban J connectivity index is 1.77. The summed E-state index contributed by atoms with van der Waals surface area (Å²) >= 11 is 6.68. The van der Waals surface area contributed by atoms with Gasteiger partial charge in [-0.2, -0.15) is 0 Å². The van der Waals surface area contributed by atoms with Crippen LogP contribution in [0.5, 0.6) is 0 Å². The Bertz CT molecular complexity index is 680. The van der Waals surface area contributed by atoms with E-state index in [0.717, 1.165) is 16.4 Å². The number of hydrogen-bond acceptors (Lipinski definition) is 4. The van der Waals surface area contributed by atoms with Gasteiger partial charge in [0.1, 0.15) is 0 Å². The molecular formula is C16H20N4OS2. The molecule has 23 heavy (non-hydrogen) atoms. The molecular weight excluding hydrogens is 328 g/mol. The third kappa shape index (κ3) is 5.61. The summed E-state index contributed by atoms with van der Waals surface area (Å²) in [6.07, 6.45) is 0.225. The maximum absolute atomic E-state index is 11.8. The van der Waals surface area contributed by atoms with Gasteiger partial charge in [0.05, 0.1) is 17.1 Å². The van der Waals surface area contributed by atoms with Crippen LogP contribution in [0.2, 0.25) is 0 Å². The molecule has 0 aliphatic carbocycles. The van der Waals surface area contributed by atoms with Crippen molar-refractivity contribution in [2.75, 3.05) is 5.32 Å². The second kappa shape index (κ2) is 8.03. The molecule has 2 aromatic rings. The average molecular weight is 348 g/mol. The van der Waals surface area contributed by atoms with Crippen molar-refractivity contribution in [1.29, 1.82) is 0 Å². The number of rotatable bonds is 4. The summed E-state index contributed by atoms with van der Waals surface area (Å²) in [5.74, 6) is 0.303. The summed E-state index contributed by atoms with van der Waals surface area (Å²) in [7, 11) is 0. The number of nitrogens with one attached hydrogen (secondary N) is 3. The lowest BCUT2D eigenvalue weighted by Gasteiger charge is -2.12. The van der Waals surface area contributed by atoms with Crippen LogP contribution < -0.4 is 16.2 Å². The summed E-state index contributed by atoms with van der Waals surface area (Å²) in [4.78, 5) is 16.1. The monoisotopic (exact) mass is 348 g/mol. The fraction of sp³-hybridized carbons (Fsp3) is 0.312. The van der Waals surface area contributed by atoms with E-state index in [-0.39, 0.29) is 12.3 Å². The van der Waals surface area contributed by atoms with Crippen molar-refractivity contribution in [2.45, 2.75) is 33.1 Å². The number of hydrazine groups is 1. The predicted molar refractivity (Wildman–Crippen MR) is 98.6 cm³/mol. The Hall–Kier alpha value is -1.99.